The molecule has 1 unspecified atom stereocenters. The van der Waals surface area contributed by atoms with Crippen LogP contribution in [0.1, 0.15) is 45.1 Å². The first-order valence-electron chi connectivity index (χ1n) is 13.8. The number of carbonyl (C=O) groups excluding carboxylic acids is 4. The highest BCUT2D eigenvalue weighted by Gasteiger charge is 2.30. The van der Waals surface area contributed by atoms with Gasteiger partial charge in [-0.15, -0.1) is 0 Å². The van der Waals surface area contributed by atoms with Crippen molar-refractivity contribution in [3.8, 4) is 0 Å². The molecule has 0 aromatic heterocycles. The molecule has 0 heterocycles. The van der Waals surface area contributed by atoms with Gasteiger partial charge in [-0.05, 0) is 37.2 Å². The summed E-state index contributed by atoms with van der Waals surface area (Å²) in [7, 11) is 0. The van der Waals surface area contributed by atoms with Crippen molar-refractivity contribution in [3.63, 3.8) is 0 Å². The van der Waals surface area contributed by atoms with Gasteiger partial charge in [0, 0.05) is 19.5 Å². The Kier molecular flexibility index (Phi) is 16.2. The van der Waals surface area contributed by atoms with Crippen LogP contribution in [0, 0.1) is 5.92 Å². The molecule has 0 aliphatic heterocycles. The van der Waals surface area contributed by atoms with E-state index >= 15 is 0 Å². The normalized spacial score (nSPS) is 13.4. The SMILES string of the molecule is CC(C)[C@H](NC(=O)[C@H](CCCN=C(N)N)NC(=O)NC(Cc1ccccc1)C(=O)O)C(=O)N[C@H](C=O)CCCN=C(N)N. The third-order valence-electron chi connectivity index (χ3n) is 6.16. The smallest absolute Gasteiger partial charge is 0.326 e. The monoisotopic (exact) mass is 604 g/mol. The lowest BCUT2D eigenvalue weighted by Gasteiger charge is -2.27. The zero-order valence-electron chi connectivity index (χ0n) is 24.5. The number of amides is 4. The molecule has 4 atom stereocenters. The average molecular weight is 605 g/mol. The molecule has 16 heteroatoms. The van der Waals surface area contributed by atoms with Gasteiger partial charge >= 0.3 is 12.0 Å². The van der Waals surface area contributed by atoms with Crippen molar-refractivity contribution in [2.24, 2.45) is 38.8 Å². The minimum atomic E-state index is -1.27. The Morgan fingerprint density at radius 2 is 1.37 bits per heavy atom. The van der Waals surface area contributed by atoms with Crippen molar-refractivity contribution >= 4 is 42.0 Å². The topological polar surface area (TPSA) is 282 Å². The number of benzene rings is 1. The number of carboxylic acids is 1. The van der Waals surface area contributed by atoms with Crippen LogP contribution in [0.2, 0.25) is 0 Å². The number of urea groups is 1. The van der Waals surface area contributed by atoms with E-state index in [9.17, 15) is 29.1 Å². The summed E-state index contributed by atoms with van der Waals surface area (Å²) in [6, 6.07) is 3.51. The second kappa shape index (κ2) is 19.3. The first kappa shape index (κ1) is 36.1. The van der Waals surface area contributed by atoms with Crippen molar-refractivity contribution in [1.29, 1.82) is 0 Å². The molecule has 1 aromatic carbocycles. The number of aliphatic carboxylic acids is 1. The summed E-state index contributed by atoms with van der Waals surface area (Å²) in [6.07, 6.45) is 1.65. The predicted octanol–water partition coefficient (Wildman–Crippen LogP) is -1.72. The Morgan fingerprint density at radius 1 is 0.814 bits per heavy atom. The van der Waals surface area contributed by atoms with Gasteiger partial charge in [0.15, 0.2) is 11.9 Å². The van der Waals surface area contributed by atoms with Crippen LogP contribution in [-0.2, 0) is 25.6 Å². The largest absolute Gasteiger partial charge is 0.480 e. The van der Waals surface area contributed by atoms with Gasteiger partial charge in [-0.3, -0.25) is 19.6 Å². The fourth-order valence-electron chi connectivity index (χ4n) is 3.94. The van der Waals surface area contributed by atoms with E-state index in [2.05, 4.69) is 31.3 Å². The van der Waals surface area contributed by atoms with E-state index in [1.54, 1.807) is 44.2 Å². The highest BCUT2D eigenvalue weighted by Crippen LogP contribution is 2.08. The molecule has 13 N–H and O–H groups in total. The maximum Gasteiger partial charge on any atom is 0.326 e. The number of guanidine groups is 2. The van der Waals surface area contributed by atoms with Gasteiger partial charge < -0.3 is 54.1 Å². The summed E-state index contributed by atoms with van der Waals surface area (Å²) in [5, 5.41) is 19.7. The summed E-state index contributed by atoms with van der Waals surface area (Å²) in [6.45, 7) is 3.84. The van der Waals surface area contributed by atoms with Crippen LogP contribution in [0.4, 0.5) is 4.79 Å². The van der Waals surface area contributed by atoms with Crippen molar-refractivity contribution in [1.82, 2.24) is 21.3 Å². The number of hydrogen-bond donors (Lipinski definition) is 9. The maximum atomic E-state index is 13.3. The minimum absolute atomic E-state index is 0.0183. The molecule has 0 spiro atoms. The maximum absolute atomic E-state index is 13.3. The first-order chi connectivity index (χ1) is 20.3. The van der Waals surface area contributed by atoms with Gasteiger partial charge in [0.2, 0.25) is 11.8 Å². The molecular formula is C27H44N10O6. The Labute approximate surface area is 250 Å². The van der Waals surface area contributed by atoms with Crippen molar-refractivity contribution in [2.45, 2.75) is 70.1 Å². The molecule has 16 nitrogen and oxygen atoms in total. The molecule has 1 aromatic rings. The summed E-state index contributed by atoms with van der Waals surface area (Å²) >= 11 is 0. The third-order valence-corrected chi connectivity index (χ3v) is 6.16. The quantitative estimate of drug-likeness (QED) is 0.0372. The molecule has 238 valence electrons. The number of nitrogens with one attached hydrogen (secondary N) is 4. The highest BCUT2D eigenvalue weighted by molar-refractivity contribution is 5.93. The average Bonchev–Trinajstić information content (AvgIpc) is 2.94. The van der Waals surface area contributed by atoms with E-state index in [-0.39, 0.29) is 50.7 Å². The van der Waals surface area contributed by atoms with E-state index in [4.69, 9.17) is 22.9 Å². The zero-order valence-corrected chi connectivity index (χ0v) is 24.5. The predicted molar refractivity (Wildman–Crippen MR) is 162 cm³/mol. The van der Waals surface area contributed by atoms with Crippen molar-refractivity contribution in [3.05, 3.63) is 35.9 Å². The van der Waals surface area contributed by atoms with Crippen LogP contribution in [0.5, 0.6) is 0 Å². The van der Waals surface area contributed by atoms with Crippen LogP contribution in [0.25, 0.3) is 0 Å². The molecule has 0 saturated heterocycles. The van der Waals surface area contributed by atoms with Crippen LogP contribution in [-0.4, -0.2) is 84.4 Å². The number of nitrogens with two attached hydrogens (primary N) is 4. The highest BCUT2D eigenvalue weighted by atomic mass is 16.4. The lowest BCUT2D eigenvalue weighted by atomic mass is 10.0. The molecule has 1 rings (SSSR count). The number of aliphatic imine (C=N–C) groups is 2. The molecule has 4 amide bonds. The lowest BCUT2D eigenvalue weighted by Crippen LogP contribution is -2.58. The summed E-state index contributed by atoms with van der Waals surface area (Å²) in [5.74, 6) is -3.17. The van der Waals surface area contributed by atoms with E-state index in [1.165, 1.54) is 0 Å². The lowest BCUT2D eigenvalue weighted by molar-refractivity contribution is -0.139. The second-order valence-electron chi connectivity index (χ2n) is 10.1. The number of nitrogens with zero attached hydrogens (tertiary/aromatic N) is 2. The number of hydrogen-bond acceptors (Lipinski definition) is 7. The van der Waals surface area contributed by atoms with Gasteiger partial charge in [0.25, 0.3) is 0 Å². The Hall–Kier alpha value is -4.89. The molecule has 0 bridgehead atoms. The summed E-state index contributed by atoms with van der Waals surface area (Å²) in [5.41, 5.74) is 22.0. The number of rotatable bonds is 19. The second-order valence-corrected chi connectivity index (χ2v) is 10.1. The molecule has 43 heavy (non-hydrogen) atoms. The molecule has 0 fully saturated rings. The fraction of sp³-hybridized carbons (Fsp3) is 0.519. The summed E-state index contributed by atoms with van der Waals surface area (Å²) < 4.78 is 0. The third kappa shape index (κ3) is 15.1. The Balaban J connectivity index is 2.97. The minimum Gasteiger partial charge on any atom is -0.480 e. The van der Waals surface area contributed by atoms with Crippen molar-refractivity contribution < 1.29 is 29.1 Å². The van der Waals surface area contributed by atoms with Gasteiger partial charge in [0.1, 0.15) is 24.4 Å². The molecule has 0 radical (unpaired) electrons. The summed E-state index contributed by atoms with van der Waals surface area (Å²) in [4.78, 5) is 70.3. The number of carboxylic acid groups (broad SMARTS) is 1. The standard InChI is InChI=1S/C27H44N10O6/c1-16(2)21(23(40)34-18(15-38)10-6-12-32-25(28)29)37-22(39)19(11-7-13-33-26(30)31)35-27(43)36-20(24(41)42)14-17-8-4-3-5-9-17/h3-5,8-9,15-16,18-21H,6-7,10-14H2,1-2H3,(H,34,40)(H,37,39)(H,41,42)(H4,28,29,32)(H4,30,31,33)(H2,35,36,43)/t18-,19-,20?,21-/m0/s1. The van der Waals surface area contributed by atoms with Gasteiger partial charge in [0.05, 0.1) is 6.04 Å². The van der Waals surface area contributed by atoms with Crippen LogP contribution in [0.3, 0.4) is 0 Å². The van der Waals surface area contributed by atoms with E-state index in [0.717, 1.165) is 0 Å². The zero-order chi connectivity index (χ0) is 32.4. The fourth-order valence-corrected chi connectivity index (χ4v) is 3.94. The first-order valence-corrected chi connectivity index (χ1v) is 13.8. The van der Waals surface area contributed by atoms with Gasteiger partial charge in [-0.25, -0.2) is 9.59 Å². The van der Waals surface area contributed by atoms with Crippen LogP contribution < -0.4 is 44.2 Å². The van der Waals surface area contributed by atoms with Gasteiger partial charge in [-0.1, -0.05) is 44.2 Å². The van der Waals surface area contributed by atoms with E-state index < -0.39 is 53.9 Å². The molecule has 0 saturated carbocycles. The Bertz CT molecular complexity index is 1120. The molecule has 0 aliphatic carbocycles. The van der Waals surface area contributed by atoms with Crippen LogP contribution >= 0.6 is 0 Å². The number of carbonyl (C=O) groups is 5. The van der Waals surface area contributed by atoms with Gasteiger partial charge in [-0.2, -0.15) is 0 Å². The van der Waals surface area contributed by atoms with Crippen LogP contribution in [0.15, 0.2) is 40.3 Å². The number of aldehydes is 1. The molecular weight excluding hydrogens is 560 g/mol. The molecule has 0 aliphatic rings. The van der Waals surface area contributed by atoms with E-state index in [0.29, 0.717) is 18.3 Å². The van der Waals surface area contributed by atoms with Crippen molar-refractivity contribution in [2.75, 3.05) is 13.1 Å². The van der Waals surface area contributed by atoms with E-state index in [1.807, 2.05) is 0 Å². The Morgan fingerprint density at radius 3 is 1.88 bits per heavy atom.